The minimum atomic E-state index is -0.276. The predicted octanol–water partition coefficient (Wildman–Crippen LogP) is 3.62. The summed E-state index contributed by atoms with van der Waals surface area (Å²) in [6.07, 6.45) is 3.94. The number of carbonyl (C=O) groups excluding carboxylic acids is 1. The van der Waals surface area contributed by atoms with Crippen molar-refractivity contribution in [3.8, 4) is 11.4 Å². The first-order valence-electron chi connectivity index (χ1n) is 7.18. The Bertz CT molecular complexity index is 608. The van der Waals surface area contributed by atoms with Gasteiger partial charge in [-0.05, 0) is 43.9 Å². The van der Waals surface area contributed by atoms with Crippen LogP contribution in [0.15, 0.2) is 12.3 Å². The molecule has 20 heavy (non-hydrogen) atoms. The van der Waals surface area contributed by atoms with Crippen molar-refractivity contribution in [1.82, 2.24) is 9.97 Å². The number of aromatic nitrogens is 2. The first-order valence-corrected chi connectivity index (χ1v) is 7.18. The van der Waals surface area contributed by atoms with Crippen LogP contribution in [0.4, 0.5) is 0 Å². The summed E-state index contributed by atoms with van der Waals surface area (Å²) in [5.41, 5.74) is 5.95. The molecule has 4 heteroatoms. The van der Waals surface area contributed by atoms with Gasteiger partial charge in [0.05, 0.1) is 23.6 Å². The monoisotopic (exact) mass is 274 g/mol. The zero-order valence-corrected chi connectivity index (χ0v) is 12.6. The maximum atomic E-state index is 12.1. The van der Waals surface area contributed by atoms with E-state index in [-0.39, 0.29) is 5.97 Å². The van der Waals surface area contributed by atoms with Crippen LogP contribution in [0.3, 0.4) is 0 Å². The fourth-order valence-electron chi connectivity index (χ4n) is 2.59. The molecule has 0 aliphatic carbocycles. The van der Waals surface area contributed by atoms with Gasteiger partial charge < -0.3 is 14.7 Å². The molecule has 108 valence electrons. The lowest BCUT2D eigenvalue weighted by Crippen LogP contribution is -2.05. The van der Waals surface area contributed by atoms with Crippen molar-refractivity contribution in [2.45, 2.75) is 40.5 Å². The molecular formula is C16H22N2O2. The van der Waals surface area contributed by atoms with Gasteiger partial charge in [0, 0.05) is 11.9 Å². The highest BCUT2D eigenvalue weighted by Crippen LogP contribution is 2.29. The Morgan fingerprint density at radius 2 is 1.95 bits per heavy atom. The van der Waals surface area contributed by atoms with Gasteiger partial charge >= 0.3 is 5.97 Å². The molecule has 2 aromatic rings. The average molecular weight is 274 g/mol. The molecule has 2 aromatic heterocycles. The Hall–Kier alpha value is -1.97. The van der Waals surface area contributed by atoms with E-state index in [0.29, 0.717) is 12.2 Å². The summed E-state index contributed by atoms with van der Waals surface area (Å²) >= 11 is 0. The first-order chi connectivity index (χ1) is 9.62. The fourth-order valence-corrected chi connectivity index (χ4v) is 2.59. The summed E-state index contributed by atoms with van der Waals surface area (Å²) in [5, 5.41) is 0. The number of nitrogens with one attached hydrogen (secondary N) is 2. The van der Waals surface area contributed by atoms with Crippen LogP contribution < -0.4 is 0 Å². The Labute approximate surface area is 119 Å². The van der Waals surface area contributed by atoms with Crippen LogP contribution in [-0.2, 0) is 17.6 Å². The van der Waals surface area contributed by atoms with Crippen LogP contribution in [0.1, 0.15) is 48.0 Å². The molecule has 0 atom stereocenters. The Morgan fingerprint density at radius 3 is 2.55 bits per heavy atom. The van der Waals surface area contributed by atoms with E-state index >= 15 is 0 Å². The molecular weight excluding hydrogens is 252 g/mol. The number of aryl methyl sites for hydroxylation is 2. The molecule has 0 amide bonds. The summed E-state index contributed by atoms with van der Waals surface area (Å²) in [5.74, 6) is -0.276. The van der Waals surface area contributed by atoms with Gasteiger partial charge in [0.1, 0.15) is 0 Å². The number of aromatic amines is 2. The predicted molar refractivity (Wildman–Crippen MR) is 80.0 cm³/mol. The van der Waals surface area contributed by atoms with Crippen LogP contribution in [0.2, 0.25) is 0 Å². The normalized spacial score (nSPS) is 10.8. The molecule has 2 heterocycles. The smallest absolute Gasteiger partial charge is 0.340 e. The number of hydrogen-bond donors (Lipinski definition) is 2. The third-order valence-corrected chi connectivity index (χ3v) is 3.51. The maximum Gasteiger partial charge on any atom is 0.340 e. The zero-order chi connectivity index (χ0) is 14.7. The van der Waals surface area contributed by atoms with Crippen LogP contribution in [0.5, 0.6) is 0 Å². The van der Waals surface area contributed by atoms with Crippen molar-refractivity contribution in [1.29, 1.82) is 0 Å². The second kappa shape index (κ2) is 5.99. The molecule has 2 N–H and O–H groups in total. The van der Waals surface area contributed by atoms with Crippen LogP contribution in [-0.4, -0.2) is 22.5 Å². The van der Waals surface area contributed by atoms with Crippen molar-refractivity contribution in [2.24, 2.45) is 0 Å². The molecule has 4 nitrogen and oxygen atoms in total. The van der Waals surface area contributed by atoms with Gasteiger partial charge in [-0.15, -0.1) is 0 Å². The van der Waals surface area contributed by atoms with Crippen LogP contribution >= 0.6 is 0 Å². The highest BCUT2D eigenvalue weighted by Gasteiger charge is 2.20. The van der Waals surface area contributed by atoms with E-state index < -0.39 is 0 Å². The van der Waals surface area contributed by atoms with E-state index in [0.717, 1.165) is 29.9 Å². The molecule has 0 unspecified atom stereocenters. The maximum absolute atomic E-state index is 12.1. The van der Waals surface area contributed by atoms with Gasteiger partial charge in [-0.25, -0.2) is 4.79 Å². The summed E-state index contributed by atoms with van der Waals surface area (Å²) in [7, 11) is 0. The summed E-state index contributed by atoms with van der Waals surface area (Å²) in [4.78, 5) is 18.7. The van der Waals surface area contributed by atoms with Crippen LogP contribution in [0, 0.1) is 6.92 Å². The zero-order valence-electron chi connectivity index (χ0n) is 12.6. The second-order valence-corrected chi connectivity index (χ2v) is 4.84. The minimum absolute atomic E-state index is 0.276. The summed E-state index contributed by atoms with van der Waals surface area (Å²) < 4.78 is 5.14. The molecule has 0 aliphatic heterocycles. The summed E-state index contributed by atoms with van der Waals surface area (Å²) in [6, 6.07) is 1.85. The van der Waals surface area contributed by atoms with Gasteiger partial charge in [-0.2, -0.15) is 0 Å². The summed E-state index contributed by atoms with van der Waals surface area (Å²) in [6.45, 7) is 8.41. The van der Waals surface area contributed by atoms with Crippen molar-refractivity contribution < 1.29 is 9.53 Å². The average Bonchev–Trinajstić information content (AvgIpc) is 3.01. The van der Waals surface area contributed by atoms with Crippen molar-refractivity contribution >= 4 is 5.97 Å². The molecule has 0 fully saturated rings. The lowest BCUT2D eigenvalue weighted by molar-refractivity contribution is 0.0527. The number of esters is 1. The second-order valence-electron chi connectivity index (χ2n) is 4.84. The highest BCUT2D eigenvalue weighted by molar-refractivity contribution is 5.96. The van der Waals surface area contributed by atoms with E-state index in [1.807, 2.05) is 26.1 Å². The number of rotatable bonds is 5. The molecule has 2 rings (SSSR count). The van der Waals surface area contributed by atoms with Gasteiger partial charge in [-0.3, -0.25) is 0 Å². The third kappa shape index (κ3) is 2.50. The molecule has 0 aliphatic rings. The minimum Gasteiger partial charge on any atom is -0.462 e. The van der Waals surface area contributed by atoms with Crippen molar-refractivity contribution in [3.05, 3.63) is 34.6 Å². The van der Waals surface area contributed by atoms with Crippen LogP contribution in [0.25, 0.3) is 11.4 Å². The molecule has 0 radical (unpaired) electrons. The highest BCUT2D eigenvalue weighted by atomic mass is 16.5. The molecule has 0 saturated heterocycles. The molecule has 0 bridgehead atoms. The Morgan fingerprint density at radius 1 is 1.20 bits per heavy atom. The largest absolute Gasteiger partial charge is 0.462 e. The number of carbonyl (C=O) groups is 1. The van der Waals surface area contributed by atoms with Gasteiger partial charge in [0.15, 0.2) is 0 Å². The molecule has 0 spiro atoms. The SMILES string of the molecule is CCOC(=O)c1cc(C)[nH]c1-c1[nH]cc(CC)c1CC. The van der Waals surface area contributed by atoms with E-state index in [9.17, 15) is 4.79 Å². The van der Waals surface area contributed by atoms with Gasteiger partial charge in [-0.1, -0.05) is 13.8 Å². The van der Waals surface area contributed by atoms with E-state index in [4.69, 9.17) is 4.74 Å². The third-order valence-electron chi connectivity index (χ3n) is 3.51. The van der Waals surface area contributed by atoms with Crippen molar-refractivity contribution in [2.75, 3.05) is 6.61 Å². The quantitative estimate of drug-likeness (QED) is 0.818. The number of H-pyrrole nitrogens is 2. The lowest BCUT2D eigenvalue weighted by atomic mass is 10.0. The number of ether oxygens (including phenoxy) is 1. The Kier molecular flexibility index (Phi) is 4.32. The van der Waals surface area contributed by atoms with E-state index in [1.165, 1.54) is 11.1 Å². The first kappa shape index (κ1) is 14.4. The van der Waals surface area contributed by atoms with Gasteiger partial charge in [0.25, 0.3) is 0 Å². The molecule has 0 saturated carbocycles. The lowest BCUT2D eigenvalue weighted by Gasteiger charge is -2.06. The van der Waals surface area contributed by atoms with Crippen molar-refractivity contribution in [3.63, 3.8) is 0 Å². The van der Waals surface area contributed by atoms with E-state index in [2.05, 4.69) is 23.8 Å². The standard InChI is InChI=1S/C16H22N2O2/c1-5-11-9-17-14(12(11)6-2)15-13(8-10(4)18-15)16(19)20-7-3/h8-9,17-18H,5-7H2,1-4H3. The van der Waals surface area contributed by atoms with Gasteiger partial charge in [0.2, 0.25) is 0 Å². The van der Waals surface area contributed by atoms with E-state index in [1.54, 1.807) is 0 Å². The number of hydrogen-bond acceptors (Lipinski definition) is 2. The Balaban J connectivity index is 2.52. The topological polar surface area (TPSA) is 57.9 Å². The fraction of sp³-hybridized carbons (Fsp3) is 0.438. The molecule has 0 aromatic carbocycles.